The van der Waals surface area contributed by atoms with Crippen molar-refractivity contribution in [2.24, 2.45) is 11.8 Å². The summed E-state index contributed by atoms with van der Waals surface area (Å²) in [6, 6.07) is 0.707. The second kappa shape index (κ2) is 7.61. The summed E-state index contributed by atoms with van der Waals surface area (Å²) in [6.45, 7) is 12.3. The van der Waals surface area contributed by atoms with Crippen LogP contribution >= 0.6 is 0 Å². The summed E-state index contributed by atoms with van der Waals surface area (Å²) in [5.41, 5.74) is 0. The monoisotopic (exact) mass is 267 g/mol. The van der Waals surface area contributed by atoms with Crippen molar-refractivity contribution in [1.82, 2.24) is 15.1 Å². The van der Waals surface area contributed by atoms with Crippen molar-refractivity contribution in [3.63, 3.8) is 0 Å². The van der Waals surface area contributed by atoms with E-state index in [-0.39, 0.29) is 0 Å². The van der Waals surface area contributed by atoms with Crippen molar-refractivity contribution in [2.45, 2.75) is 45.6 Å². The second-order valence-electron chi connectivity index (χ2n) is 6.72. The predicted octanol–water partition coefficient (Wildman–Crippen LogP) is 2.04. The van der Waals surface area contributed by atoms with Crippen LogP contribution in [0.3, 0.4) is 0 Å². The average Bonchev–Trinajstić information content (AvgIpc) is 2.46. The molecule has 0 radical (unpaired) electrons. The van der Waals surface area contributed by atoms with E-state index in [1.807, 2.05) is 0 Å². The SMILES string of the molecule is CCN1CCC(C(C)NCC2CCN(C)CC2)CC1. The van der Waals surface area contributed by atoms with E-state index in [9.17, 15) is 0 Å². The lowest BCUT2D eigenvalue weighted by Gasteiger charge is -2.36. The molecule has 3 heteroatoms. The zero-order chi connectivity index (χ0) is 13.7. The summed E-state index contributed by atoms with van der Waals surface area (Å²) in [6.07, 6.45) is 5.53. The van der Waals surface area contributed by atoms with Crippen molar-refractivity contribution in [2.75, 3.05) is 46.3 Å². The van der Waals surface area contributed by atoms with E-state index in [0.717, 1.165) is 11.8 Å². The summed E-state index contributed by atoms with van der Waals surface area (Å²) in [7, 11) is 2.24. The predicted molar refractivity (Wildman–Crippen MR) is 82.5 cm³/mol. The molecular formula is C16H33N3. The van der Waals surface area contributed by atoms with Gasteiger partial charge in [0.2, 0.25) is 0 Å². The molecule has 2 aliphatic heterocycles. The van der Waals surface area contributed by atoms with Crippen LogP contribution in [0.15, 0.2) is 0 Å². The first-order valence-electron chi connectivity index (χ1n) is 8.33. The van der Waals surface area contributed by atoms with Crippen LogP contribution in [0.25, 0.3) is 0 Å². The van der Waals surface area contributed by atoms with Gasteiger partial charge < -0.3 is 15.1 Å². The van der Waals surface area contributed by atoms with E-state index in [0.29, 0.717) is 6.04 Å². The van der Waals surface area contributed by atoms with Gasteiger partial charge in [-0.1, -0.05) is 6.92 Å². The van der Waals surface area contributed by atoms with Gasteiger partial charge in [-0.05, 0) is 90.8 Å². The number of rotatable bonds is 5. The third-order valence-corrected chi connectivity index (χ3v) is 5.35. The van der Waals surface area contributed by atoms with E-state index in [1.54, 1.807) is 0 Å². The largest absolute Gasteiger partial charge is 0.314 e. The third kappa shape index (κ3) is 4.73. The molecule has 3 nitrogen and oxygen atoms in total. The topological polar surface area (TPSA) is 18.5 Å². The minimum Gasteiger partial charge on any atom is -0.314 e. The molecule has 112 valence electrons. The van der Waals surface area contributed by atoms with Gasteiger partial charge >= 0.3 is 0 Å². The molecule has 2 aliphatic rings. The van der Waals surface area contributed by atoms with Crippen LogP contribution in [0.4, 0.5) is 0 Å². The molecule has 1 atom stereocenters. The van der Waals surface area contributed by atoms with Crippen LogP contribution in [0.5, 0.6) is 0 Å². The smallest absolute Gasteiger partial charge is 0.00680 e. The van der Waals surface area contributed by atoms with Crippen molar-refractivity contribution in [3.8, 4) is 0 Å². The molecule has 19 heavy (non-hydrogen) atoms. The van der Waals surface area contributed by atoms with E-state index in [2.05, 4.69) is 36.0 Å². The highest BCUT2D eigenvalue weighted by atomic mass is 15.1. The molecule has 0 aliphatic carbocycles. The summed E-state index contributed by atoms with van der Waals surface area (Å²) in [4.78, 5) is 5.04. The van der Waals surface area contributed by atoms with Crippen LogP contribution in [-0.4, -0.2) is 62.2 Å². The van der Waals surface area contributed by atoms with Crippen LogP contribution in [0.1, 0.15) is 39.5 Å². The fourth-order valence-electron chi connectivity index (χ4n) is 3.55. The highest BCUT2D eigenvalue weighted by molar-refractivity contribution is 4.81. The Balaban J connectivity index is 1.63. The molecule has 0 amide bonds. The Bertz CT molecular complexity index is 240. The Morgan fingerprint density at radius 2 is 1.68 bits per heavy atom. The lowest BCUT2D eigenvalue weighted by Crippen LogP contribution is -2.44. The fourth-order valence-corrected chi connectivity index (χ4v) is 3.55. The molecule has 1 N–H and O–H groups in total. The quantitative estimate of drug-likeness (QED) is 0.822. The van der Waals surface area contributed by atoms with Gasteiger partial charge in [0.15, 0.2) is 0 Å². The van der Waals surface area contributed by atoms with Crippen molar-refractivity contribution in [3.05, 3.63) is 0 Å². The number of likely N-dealkylation sites (tertiary alicyclic amines) is 2. The molecular weight excluding hydrogens is 234 g/mol. The third-order valence-electron chi connectivity index (χ3n) is 5.35. The first-order chi connectivity index (χ1) is 9.19. The van der Waals surface area contributed by atoms with Gasteiger partial charge in [0.05, 0.1) is 0 Å². The first kappa shape index (κ1) is 15.3. The van der Waals surface area contributed by atoms with Gasteiger partial charge in [-0.3, -0.25) is 0 Å². The molecule has 0 bridgehead atoms. The van der Waals surface area contributed by atoms with Crippen molar-refractivity contribution < 1.29 is 0 Å². The minimum absolute atomic E-state index is 0.707. The number of hydrogen-bond donors (Lipinski definition) is 1. The molecule has 2 heterocycles. The summed E-state index contributed by atoms with van der Waals surface area (Å²) < 4.78 is 0. The number of nitrogens with one attached hydrogen (secondary N) is 1. The molecule has 0 aromatic carbocycles. The van der Waals surface area contributed by atoms with E-state index in [4.69, 9.17) is 0 Å². The normalized spacial score (nSPS) is 26.7. The summed E-state index contributed by atoms with van der Waals surface area (Å²) >= 11 is 0. The van der Waals surface area contributed by atoms with E-state index in [1.165, 1.54) is 65.0 Å². The molecule has 1 unspecified atom stereocenters. The maximum absolute atomic E-state index is 3.83. The van der Waals surface area contributed by atoms with Crippen molar-refractivity contribution >= 4 is 0 Å². The van der Waals surface area contributed by atoms with Crippen LogP contribution in [0, 0.1) is 11.8 Å². The molecule has 2 fully saturated rings. The fraction of sp³-hybridized carbons (Fsp3) is 1.00. The van der Waals surface area contributed by atoms with E-state index >= 15 is 0 Å². The maximum atomic E-state index is 3.83. The van der Waals surface area contributed by atoms with Gasteiger partial charge in [-0.15, -0.1) is 0 Å². The molecule has 0 spiro atoms. The zero-order valence-corrected chi connectivity index (χ0v) is 13.2. The Morgan fingerprint density at radius 1 is 1.05 bits per heavy atom. The van der Waals surface area contributed by atoms with Gasteiger partial charge in [0, 0.05) is 6.04 Å². The van der Waals surface area contributed by atoms with Gasteiger partial charge in [-0.2, -0.15) is 0 Å². The zero-order valence-electron chi connectivity index (χ0n) is 13.2. The molecule has 0 saturated carbocycles. The number of nitrogens with zero attached hydrogens (tertiary/aromatic N) is 2. The highest BCUT2D eigenvalue weighted by Crippen LogP contribution is 2.21. The molecule has 0 aromatic heterocycles. The van der Waals surface area contributed by atoms with Crippen LogP contribution in [-0.2, 0) is 0 Å². The summed E-state index contributed by atoms with van der Waals surface area (Å²) in [5, 5.41) is 3.83. The lowest BCUT2D eigenvalue weighted by atomic mass is 9.89. The standard InChI is InChI=1S/C16H33N3/c1-4-19-11-7-16(8-12-19)14(2)17-13-15-5-9-18(3)10-6-15/h14-17H,4-13H2,1-3H3. The number of hydrogen-bond acceptors (Lipinski definition) is 3. The Hall–Kier alpha value is -0.120. The van der Waals surface area contributed by atoms with Gasteiger partial charge in [0.25, 0.3) is 0 Å². The highest BCUT2D eigenvalue weighted by Gasteiger charge is 2.24. The van der Waals surface area contributed by atoms with E-state index < -0.39 is 0 Å². The molecule has 2 saturated heterocycles. The van der Waals surface area contributed by atoms with Crippen LogP contribution < -0.4 is 5.32 Å². The number of piperidine rings is 2. The maximum Gasteiger partial charge on any atom is 0.00680 e. The van der Waals surface area contributed by atoms with Crippen molar-refractivity contribution in [1.29, 1.82) is 0 Å². The lowest BCUT2D eigenvalue weighted by molar-refractivity contribution is 0.160. The summed E-state index contributed by atoms with van der Waals surface area (Å²) in [5.74, 6) is 1.81. The molecule has 2 rings (SSSR count). The molecule has 0 aromatic rings. The Morgan fingerprint density at radius 3 is 2.26 bits per heavy atom. The Kier molecular flexibility index (Phi) is 6.11. The van der Waals surface area contributed by atoms with Crippen LogP contribution in [0.2, 0.25) is 0 Å². The second-order valence-corrected chi connectivity index (χ2v) is 6.72. The average molecular weight is 267 g/mol. The Labute approximate surface area is 119 Å². The van der Waals surface area contributed by atoms with Gasteiger partial charge in [0.1, 0.15) is 0 Å². The first-order valence-corrected chi connectivity index (χ1v) is 8.33. The van der Waals surface area contributed by atoms with Gasteiger partial charge in [-0.25, -0.2) is 0 Å². The minimum atomic E-state index is 0.707.